The molecule has 0 radical (unpaired) electrons. The number of nitrogens with zero attached hydrogens (tertiary/aromatic N) is 2. The Balaban J connectivity index is 1.52. The largest absolute Gasteiger partial charge is 0.314 e. The Morgan fingerprint density at radius 3 is 2.10 bits per heavy atom. The molecule has 216 valence electrons. The highest BCUT2D eigenvalue weighted by Crippen LogP contribution is 2.48. The van der Waals surface area contributed by atoms with Crippen LogP contribution in [-0.2, 0) is 10.8 Å². The van der Waals surface area contributed by atoms with Crippen LogP contribution in [0.1, 0.15) is 77.8 Å². The SMILES string of the molecule is CC1C=C(N(c2cccc(N(C3=CC=CCC3)c3ccccc3)c2)c2ccc3c(c2)C(C)(C)CCC3(C)C)C=C(Cl)C1. The van der Waals surface area contributed by atoms with Crippen LogP contribution >= 0.6 is 11.6 Å². The van der Waals surface area contributed by atoms with E-state index < -0.39 is 0 Å². The summed E-state index contributed by atoms with van der Waals surface area (Å²) in [6, 6.07) is 26.9. The van der Waals surface area contributed by atoms with Crippen molar-refractivity contribution in [2.45, 2.75) is 77.6 Å². The average Bonchev–Trinajstić information content (AvgIpc) is 2.97. The minimum Gasteiger partial charge on any atom is -0.314 e. The molecule has 3 heteroatoms. The summed E-state index contributed by atoms with van der Waals surface area (Å²) < 4.78 is 0. The van der Waals surface area contributed by atoms with E-state index in [1.807, 2.05) is 0 Å². The molecule has 0 saturated carbocycles. The fraction of sp³-hybridized carbons (Fsp3) is 0.333. The smallest absolute Gasteiger partial charge is 0.0482 e. The first-order chi connectivity index (χ1) is 20.1. The first-order valence-electron chi connectivity index (χ1n) is 15.5. The maximum Gasteiger partial charge on any atom is 0.0482 e. The van der Waals surface area contributed by atoms with Crippen LogP contribution in [-0.4, -0.2) is 0 Å². The fourth-order valence-corrected chi connectivity index (χ4v) is 7.19. The van der Waals surface area contributed by atoms with E-state index in [0.29, 0.717) is 5.92 Å². The third-order valence-corrected chi connectivity index (χ3v) is 9.53. The Kier molecular flexibility index (Phi) is 7.70. The van der Waals surface area contributed by atoms with Crippen LogP contribution < -0.4 is 9.80 Å². The highest BCUT2D eigenvalue weighted by atomic mass is 35.5. The van der Waals surface area contributed by atoms with E-state index in [2.05, 4.69) is 148 Å². The molecule has 1 unspecified atom stereocenters. The first kappa shape index (κ1) is 28.6. The Hall–Kier alpha value is -3.49. The van der Waals surface area contributed by atoms with Crippen LogP contribution in [0, 0.1) is 5.92 Å². The van der Waals surface area contributed by atoms with Crippen molar-refractivity contribution in [3.05, 3.63) is 131 Å². The number of halogens is 1. The van der Waals surface area contributed by atoms with Crippen molar-refractivity contribution < 1.29 is 0 Å². The van der Waals surface area contributed by atoms with Gasteiger partial charge in [-0.15, -0.1) is 0 Å². The lowest BCUT2D eigenvalue weighted by molar-refractivity contribution is 0.332. The quantitative estimate of drug-likeness (QED) is 0.289. The van der Waals surface area contributed by atoms with E-state index in [1.54, 1.807) is 0 Å². The molecule has 0 fully saturated rings. The third-order valence-electron chi connectivity index (χ3n) is 9.27. The number of para-hydroxylation sites is 1. The molecule has 0 spiro atoms. The summed E-state index contributed by atoms with van der Waals surface area (Å²) in [6.45, 7) is 11.8. The molecule has 3 aromatic rings. The first-order valence-corrected chi connectivity index (χ1v) is 15.8. The number of rotatable bonds is 6. The molecule has 0 aromatic heterocycles. The number of anilines is 4. The molecule has 0 bridgehead atoms. The summed E-state index contributed by atoms with van der Waals surface area (Å²) in [7, 11) is 0. The van der Waals surface area contributed by atoms with Crippen molar-refractivity contribution in [2.24, 2.45) is 5.92 Å². The van der Waals surface area contributed by atoms with Crippen LogP contribution in [0.3, 0.4) is 0 Å². The highest BCUT2D eigenvalue weighted by Gasteiger charge is 2.37. The molecule has 3 aliphatic carbocycles. The lowest BCUT2D eigenvalue weighted by atomic mass is 9.63. The summed E-state index contributed by atoms with van der Waals surface area (Å²) in [5.74, 6) is 0.371. The van der Waals surface area contributed by atoms with E-state index in [0.717, 1.165) is 41.4 Å². The second kappa shape index (κ2) is 11.3. The van der Waals surface area contributed by atoms with Gasteiger partial charge in [0, 0.05) is 39.2 Å². The molecule has 6 rings (SSSR count). The van der Waals surface area contributed by atoms with Gasteiger partial charge in [0.1, 0.15) is 0 Å². The van der Waals surface area contributed by atoms with Crippen molar-refractivity contribution >= 4 is 34.4 Å². The minimum absolute atomic E-state index is 0.126. The zero-order valence-electron chi connectivity index (χ0n) is 25.7. The summed E-state index contributed by atoms with van der Waals surface area (Å²) >= 11 is 6.76. The summed E-state index contributed by atoms with van der Waals surface area (Å²) in [4.78, 5) is 4.82. The normalized spacial score (nSPS) is 20.6. The van der Waals surface area contributed by atoms with Crippen LogP contribution in [0.25, 0.3) is 0 Å². The average molecular weight is 575 g/mol. The van der Waals surface area contributed by atoms with Gasteiger partial charge in [0.2, 0.25) is 0 Å². The van der Waals surface area contributed by atoms with E-state index in [-0.39, 0.29) is 10.8 Å². The summed E-state index contributed by atoms with van der Waals surface area (Å²) in [5.41, 5.74) is 10.3. The number of benzene rings is 3. The molecule has 0 heterocycles. The number of fused-ring (bicyclic) bond motifs is 1. The van der Waals surface area contributed by atoms with Gasteiger partial charge in [-0.25, -0.2) is 0 Å². The van der Waals surface area contributed by atoms with Crippen molar-refractivity contribution in [2.75, 3.05) is 9.80 Å². The molecule has 0 aliphatic heterocycles. The Labute approximate surface area is 257 Å². The second-order valence-electron chi connectivity index (χ2n) is 13.5. The minimum atomic E-state index is 0.126. The van der Waals surface area contributed by atoms with Gasteiger partial charge < -0.3 is 9.80 Å². The van der Waals surface area contributed by atoms with E-state index >= 15 is 0 Å². The lowest BCUT2D eigenvalue weighted by Gasteiger charge is -2.42. The molecule has 0 amide bonds. The van der Waals surface area contributed by atoms with E-state index in [1.165, 1.54) is 41.0 Å². The van der Waals surface area contributed by atoms with Crippen LogP contribution in [0.2, 0.25) is 0 Å². The predicted molar refractivity (Wildman–Crippen MR) is 181 cm³/mol. The molecular weight excluding hydrogens is 532 g/mol. The standard InChI is InChI=1S/C39H43ClN2/c1-28-23-29(40)25-35(24-28)42(34-19-20-36-37(27-34)39(4,5)22-21-38(36,2)3)33-18-12-17-32(26-33)41(30-13-8-6-9-14-30)31-15-10-7-11-16-31/h6-10,12-15,17-20,24-28H,11,16,21-23H2,1-5H3. The summed E-state index contributed by atoms with van der Waals surface area (Å²) in [6.07, 6.45) is 16.6. The van der Waals surface area contributed by atoms with Crippen LogP contribution in [0.5, 0.6) is 0 Å². The predicted octanol–water partition coefficient (Wildman–Crippen LogP) is 11.6. The molecular formula is C39H43ClN2. The molecule has 3 aliphatic rings. The molecule has 0 N–H and O–H groups in total. The van der Waals surface area contributed by atoms with Crippen LogP contribution in [0.4, 0.5) is 22.7 Å². The van der Waals surface area contributed by atoms with E-state index in [4.69, 9.17) is 11.6 Å². The maximum atomic E-state index is 6.76. The van der Waals surface area contributed by atoms with E-state index in [9.17, 15) is 0 Å². The lowest BCUT2D eigenvalue weighted by Crippen LogP contribution is -2.34. The Morgan fingerprint density at radius 2 is 1.40 bits per heavy atom. The Morgan fingerprint density at radius 1 is 0.738 bits per heavy atom. The zero-order chi connectivity index (χ0) is 29.5. The Bertz CT molecular complexity index is 1590. The van der Waals surface area contributed by atoms with Gasteiger partial charge in [-0.1, -0.05) is 94.8 Å². The van der Waals surface area contributed by atoms with Gasteiger partial charge in [-0.3, -0.25) is 0 Å². The van der Waals surface area contributed by atoms with Gasteiger partial charge in [-0.05, 0) is 115 Å². The van der Waals surface area contributed by atoms with Gasteiger partial charge in [0.25, 0.3) is 0 Å². The van der Waals surface area contributed by atoms with Crippen molar-refractivity contribution in [3.8, 4) is 0 Å². The van der Waals surface area contributed by atoms with Crippen LogP contribution in [0.15, 0.2) is 120 Å². The number of allylic oxidation sites excluding steroid dienone is 7. The zero-order valence-corrected chi connectivity index (χ0v) is 26.5. The third kappa shape index (κ3) is 5.62. The molecule has 1 atom stereocenters. The van der Waals surface area contributed by atoms with Crippen molar-refractivity contribution in [1.29, 1.82) is 0 Å². The van der Waals surface area contributed by atoms with Gasteiger partial charge >= 0.3 is 0 Å². The number of hydrogen-bond donors (Lipinski definition) is 0. The molecule has 0 saturated heterocycles. The molecule has 2 nitrogen and oxygen atoms in total. The van der Waals surface area contributed by atoms with Gasteiger partial charge in [0.15, 0.2) is 0 Å². The summed E-state index contributed by atoms with van der Waals surface area (Å²) in [5, 5.41) is 0.908. The van der Waals surface area contributed by atoms with Gasteiger partial charge in [-0.2, -0.15) is 0 Å². The molecule has 3 aromatic carbocycles. The topological polar surface area (TPSA) is 6.48 Å². The number of hydrogen-bond acceptors (Lipinski definition) is 2. The van der Waals surface area contributed by atoms with Crippen molar-refractivity contribution in [3.63, 3.8) is 0 Å². The highest BCUT2D eigenvalue weighted by molar-refractivity contribution is 6.29. The maximum absolute atomic E-state index is 6.76. The van der Waals surface area contributed by atoms with Gasteiger partial charge in [0.05, 0.1) is 0 Å². The molecule has 42 heavy (non-hydrogen) atoms. The van der Waals surface area contributed by atoms with Crippen molar-refractivity contribution in [1.82, 2.24) is 0 Å². The monoisotopic (exact) mass is 574 g/mol. The fourth-order valence-electron chi connectivity index (χ4n) is 6.83. The second-order valence-corrected chi connectivity index (χ2v) is 14.0.